The lowest BCUT2D eigenvalue weighted by Crippen LogP contribution is -2.02. The molecule has 1 aromatic heterocycles. The number of aliphatic hydroxyl groups is 1. The maximum absolute atomic E-state index is 10.8. The summed E-state index contributed by atoms with van der Waals surface area (Å²) in [6.07, 6.45) is 3.22. The van der Waals surface area contributed by atoms with Crippen molar-refractivity contribution < 1.29 is 15.1 Å². The number of phenols is 1. The molecule has 2 aromatic rings. The van der Waals surface area contributed by atoms with Crippen LogP contribution in [0.3, 0.4) is 0 Å². The molecule has 8 nitrogen and oxygen atoms in total. The predicted molar refractivity (Wildman–Crippen MR) is 76.4 cm³/mol. The van der Waals surface area contributed by atoms with Gasteiger partial charge in [-0.1, -0.05) is 11.6 Å². The van der Waals surface area contributed by atoms with Crippen molar-refractivity contribution in [3.05, 3.63) is 45.2 Å². The molecule has 0 atom stereocenters. The third-order valence-electron chi connectivity index (χ3n) is 2.78. The molecule has 1 aromatic carbocycles. The van der Waals surface area contributed by atoms with Gasteiger partial charge in [0.1, 0.15) is 0 Å². The van der Waals surface area contributed by atoms with Crippen LogP contribution in [0.4, 0.5) is 11.4 Å². The molecule has 1 heterocycles. The molecular formula is C12H13ClN4O4. The lowest BCUT2D eigenvalue weighted by atomic mass is 10.1. The van der Waals surface area contributed by atoms with Crippen molar-refractivity contribution in [3.8, 4) is 5.75 Å². The van der Waals surface area contributed by atoms with Crippen LogP contribution in [0.5, 0.6) is 5.75 Å². The minimum absolute atomic E-state index is 0.0254. The number of hydrogen-bond donors (Lipinski definition) is 3. The highest BCUT2D eigenvalue weighted by molar-refractivity contribution is 6.31. The third-order valence-corrected chi connectivity index (χ3v) is 2.99. The van der Waals surface area contributed by atoms with E-state index in [2.05, 4.69) is 10.4 Å². The van der Waals surface area contributed by atoms with Gasteiger partial charge < -0.3 is 15.5 Å². The molecule has 0 aliphatic carbocycles. The summed E-state index contributed by atoms with van der Waals surface area (Å²) in [7, 11) is 0. The SMILES string of the molecule is O=[N+]([O-])c1cc(Cl)cc(CNc2cnn(CCO)c2)c1O. The number of nitrogens with zero attached hydrogens (tertiary/aromatic N) is 3. The van der Waals surface area contributed by atoms with Crippen molar-refractivity contribution in [2.45, 2.75) is 13.1 Å². The summed E-state index contributed by atoms with van der Waals surface area (Å²) in [4.78, 5) is 10.1. The second kappa shape index (κ2) is 6.42. The highest BCUT2D eigenvalue weighted by Gasteiger charge is 2.18. The van der Waals surface area contributed by atoms with Crippen LogP contribution in [0, 0.1) is 10.1 Å². The highest BCUT2D eigenvalue weighted by atomic mass is 35.5. The molecule has 0 amide bonds. The van der Waals surface area contributed by atoms with Gasteiger partial charge in [0.05, 0.1) is 30.0 Å². The fraction of sp³-hybridized carbons (Fsp3) is 0.250. The van der Waals surface area contributed by atoms with Crippen molar-refractivity contribution in [3.63, 3.8) is 0 Å². The zero-order valence-electron chi connectivity index (χ0n) is 10.9. The van der Waals surface area contributed by atoms with Crippen molar-refractivity contribution in [1.82, 2.24) is 9.78 Å². The van der Waals surface area contributed by atoms with E-state index < -0.39 is 16.4 Å². The number of anilines is 1. The summed E-state index contributed by atoms with van der Waals surface area (Å²) >= 11 is 5.81. The Morgan fingerprint density at radius 2 is 2.24 bits per heavy atom. The summed E-state index contributed by atoms with van der Waals surface area (Å²) in [6.45, 7) is 0.496. The number of nitro groups is 1. The summed E-state index contributed by atoms with van der Waals surface area (Å²) in [6, 6.07) is 2.55. The van der Waals surface area contributed by atoms with E-state index in [4.69, 9.17) is 16.7 Å². The van der Waals surface area contributed by atoms with E-state index in [0.717, 1.165) is 6.07 Å². The number of halogens is 1. The van der Waals surface area contributed by atoms with Crippen LogP contribution in [-0.4, -0.2) is 31.5 Å². The minimum Gasteiger partial charge on any atom is -0.502 e. The molecule has 0 unspecified atom stereocenters. The number of rotatable bonds is 6. The Balaban J connectivity index is 2.13. The summed E-state index contributed by atoms with van der Waals surface area (Å²) < 4.78 is 1.54. The van der Waals surface area contributed by atoms with Crippen molar-refractivity contribution in [1.29, 1.82) is 0 Å². The van der Waals surface area contributed by atoms with Crippen molar-refractivity contribution >= 4 is 23.0 Å². The Morgan fingerprint density at radius 3 is 2.90 bits per heavy atom. The largest absolute Gasteiger partial charge is 0.502 e. The maximum atomic E-state index is 10.8. The van der Waals surface area contributed by atoms with Gasteiger partial charge in [-0.25, -0.2) is 0 Å². The Kier molecular flexibility index (Phi) is 4.61. The molecule has 0 saturated carbocycles. The van der Waals surface area contributed by atoms with Gasteiger partial charge in [-0.05, 0) is 6.07 Å². The number of aromatic nitrogens is 2. The van der Waals surface area contributed by atoms with Crippen LogP contribution in [0.15, 0.2) is 24.5 Å². The van der Waals surface area contributed by atoms with E-state index >= 15 is 0 Å². The predicted octanol–water partition coefficient (Wildman–Crippen LogP) is 1.75. The second-order valence-electron chi connectivity index (χ2n) is 4.26. The van der Waals surface area contributed by atoms with E-state index in [0.29, 0.717) is 17.8 Å². The number of nitrogens with one attached hydrogen (secondary N) is 1. The van der Waals surface area contributed by atoms with Crippen molar-refractivity contribution in [2.75, 3.05) is 11.9 Å². The zero-order valence-corrected chi connectivity index (χ0v) is 11.6. The average molecular weight is 313 g/mol. The van der Waals surface area contributed by atoms with Gasteiger partial charge in [0.25, 0.3) is 0 Å². The van der Waals surface area contributed by atoms with E-state index in [9.17, 15) is 15.2 Å². The quantitative estimate of drug-likeness (QED) is 0.553. The number of aromatic hydroxyl groups is 1. The van der Waals surface area contributed by atoms with Gasteiger partial charge in [-0.15, -0.1) is 0 Å². The third kappa shape index (κ3) is 3.61. The molecule has 0 radical (unpaired) electrons. The van der Waals surface area contributed by atoms with Crippen LogP contribution in [0.25, 0.3) is 0 Å². The summed E-state index contributed by atoms with van der Waals surface area (Å²) in [5.41, 5.74) is 0.532. The van der Waals surface area contributed by atoms with Gasteiger partial charge in [-0.3, -0.25) is 14.8 Å². The van der Waals surface area contributed by atoms with Crippen LogP contribution < -0.4 is 5.32 Å². The molecule has 0 aliphatic heterocycles. The lowest BCUT2D eigenvalue weighted by Gasteiger charge is -2.07. The van der Waals surface area contributed by atoms with E-state index in [-0.39, 0.29) is 18.2 Å². The first-order valence-electron chi connectivity index (χ1n) is 6.04. The molecule has 9 heteroatoms. The first-order chi connectivity index (χ1) is 10.0. The fourth-order valence-corrected chi connectivity index (χ4v) is 2.03. The average Bonchev–Trinajstić information content (AvgIpc) is 2.87. The number of nitro benzene ring substituents is 1. The Bertz CT molecular complexity index is 659. The fourth-order valence-electron chi connectivity index (χ4n) is 1.79. The normalized spacial score (nSPS) is 10.6. The number of hydrogen-bond acceptors (Lipinski definition) is 6. The van der Waals surface area contributed by atoms with E-state index in [1.807, 2.05) is 0 Å². The molecule has 0 aliphatic rings. The first kappa shape index (κ1) is 15.1. The molecule has 0 saturated heterocycles. The van der Waals surface area contributed by atoms with Crippen LogP contribution in [0.2, 0.25) is 5.02 Å². The van der Waals surface area contributed by atoms with Gasteiger partial charge >= 0.3 is 5.69 Å². The molecule has 0 fully saturated rings. The first-order valence-corrected chi connectivity index (χ1v) is 6.42. The molecule has 21 heavy (non-hydrogen) atoms. The molecular weight excluding hydrogens is 300 g/mol. The van der Waals surface area contributed by atoms with Crippen LogP contribution >= 0.6 is 11.6 Å². The van der Waals surface area contributed by atoms with Crippen LogP contribution in [-0.2, 0) is 13.1 Å². The Labute approximate surface area is 124 Å². The van der Waals surface area contributed by atoms with Gasteiger partial charge in [0.15, 0.2) is 5.75 Å². The van der Waals surface area contributed by atoms with E-state index in [1.54, 1.807) is 17.1 Å². The maximum Gasteiger partial charge on any atom is 0.312 e. The number of benzene rings is 1. The Hall–Kier alpha value is -2.32. The highest BCUT2D eigenvalue weighted by Crippen LogP contribution is 2.33. The standard InChI is InChI=1S/C12H13ClN4O4/c13-9-3-8(12(19)11(4-9)17(20)21)5-14-10-6-15-16(7-10)1-2-18/h3-4,6-7,14,18-19H,1-2,5H2. The smallest absolute Gasteiger partial charge is 0.312 e. The number of aliphatic hydroxyl groups excluding tert-OH is 1. The molecule has 0 bridgehead atoms. The molecule has 112 valence electrons. The van der Waals surface area contributed by atoms with Crippen molar-refractivity contribution in [2.24, 2.45) is 0 Å². The topological polar surface area (TPSA) is 113 Å². The molecule has 3 N–H and O–H groups in total. The lowest BCUT2D eigenvalue weighted by molar-refractivity contribution is -0.385. The number of phenolic OH excluding ortho intramolecular Hbond substituents is 1. The Morgan fingerprint density at radius 1 is 1.48 bits per heavy atom. The molecule has 2 rings (SSSR count). The van der Waals surface area contributed by atoms with Gasteiger partial charge in [0.2, 0.25) is 0 Å². The van der Waals surface area contributed by atoms with Gasteiger partial charge in [-0.2, -0.15) is 5.10 Å². The monoisotopic (exact) mass is 312 g/mol. The zero-order chi connectivity index (χ0) is 15.4. The van der Waals surface area contributed by atoms with Gasteiger partial charge in [0, 0.05) is 29.4 Å². The molecule has 0 spiro atoms. The summed E-state index contributed by atoms with van der Waals surface area (Å²) in [5, 5.41) is 36.6. The summed E-state index contributed by atoms with van der Waals surface area (Å²) in [5.74, 6) is -0.417. The second-order valence-corrected chi connectivity index (χ2v) is 4.70. The van der Waals surface area contributed by atoms with Crippen LogP contribution in [0.1, 0.15) is 5.56 Å². The minimum atomic E-state index is -0.690. The van der Waals surface area contributed by atoms with E-state index in [1.165, 1.54) is 6.07 Å².